The zero-order valence-electron chi connectivity index (χ0n) is 10.3. The monoisotopic (exact) mass is 271 g/mol. The van der Waals surface area contributed by atoms with Crippen LogP contribution in [0, 0.1) is 5.82 Å². The van der Waals surface area contributed by atoms with Crippen LogP contribution in [0.15, 0.2) is 52.3 Å². The van der Waals surface area contributed by atoms with E-state index in [1.807, 2.05) is 0 Å². The maximum atomic E-state index is 13.5. The van der Waals surface area contributed by atoms with Gasteiger partial charge in [0.1, 0.15) is 11.6 Å². The highest BCUT2D eigenvalue weighted by molar-refractivity contribution is 6.05. The van der Waals surface area contributed by atoms with E-state index in [1.54, 1.807) is 18.2 Å². The van der Waals surface area contributed by atoms with Crippen molar-refractivity contribution in [2.24, 2.45) is 4.99 Å². The van der Waals surface area contributed by atoms with Gasteiger partial charge in [0.05, 0.1) is 5.69 Å². The van der Waals surface area contributed by atoms with Crippen LogP contribution in [0.1, 0.15) is 6.04 Å². The average Bonchev–Trinajstić information content (AvgIpc) is 2.87. The number of benzene rings is 1. The van der Waals surface area contributed by atoms with E-state index in [0.717, 1.165) is 0 Å². The van der Waals surface area contributed by atoms with Gasteiger partial charge in [-0.1, -0.05) is 18.2 Å². The van der Waals surface area contributed by atoms with Gasteiger partial charge in [0.25, 0.3) is 11.5 Å². The molecule has 1 aromatic heterocycles. The third-order valence-corrected chi connectivity index (χ3v) is 2.99. The molecule has 1 unspecified atom stereocenters. The quantitative estimate of drug-likeness (QED) is 0.906. The van der Waals surface area contributed by atoms with Gasteiger partial charge in [-0.3, -0.25) is 14.2 Å². The van der Waals surface area contributed by atoms with Crippen LogP contribution in [0.5, 0.6) is 0 Å². The fourth-order valence-corrected chi connectivity index (χ4v) is 2.04. The van der Waals surface area contributed by atoms with E-state index in [1.165, 1.54) is 35.0 Å². The summed E-state index contributed by atoms with van der Waals surface area (Å²) in [5.41, 5.74) is -0.253. The molecule has 100 valence electrons. The Morgan fingerprint density at radius 1 is 1.20 bits per heavy atom. The van der Waals surface area contributed by atoms with Gasteiger partial charge in [-0.25, -0.2) is 9.38 Å². The molecule has 20 heavy (non-hydrogen) atoms. The number of aliphatic imine (C=N–C) groups is 1. The largest absolute Gasteiger partial charge is 0.321 e. The number of nitrogens with one attached hydrogen (secondary N) is 1. The number of fused-ring (bicyclic) bond motifs is 1. The van der Waals surface area contributed by atoms with E-state index in [2.05, 4.69) is 10.3 Å². The summed E-state index contributed by atoms with van der Waals surface area (Å²) in [7, 11) is 0. The lowest BCUT2D eigenvalue weighted by atomic mass is 10.2. The topological polar surface area (TPSA) is 63.5 Å². The van der Waals surface area contributed by atoms with Crippen LogP contribution in [0.3, 0.4) is 0 Å². The minimum Gasteiger partial charge on any atom is -0.321 e. The Morgan fingerprint density at radius 2 is 2.00 bits per heavy atom. The molecule has 1 N–H and O–H groups in total. The molecule has 1 aliphatic rings. The van der Waals surface area contributed by atoms with Gasteiger partial charge in [-0.2, -0.15) is 0 Å². The number of carbonyl (C=O) groups is 1. The second kappa shape index (κ2) is 4.73. The van der Waals surface area contributed by atoms with Crippen LogP contribution in [-0.4, -0.2) is 16.7 Å². The number of aromatic nitrogens is 1. The molecule has 0 saturated heterocycles. The Morgan fingerprint density at radius 3 is 2.80 bits per heavy atom. The van der Waals surface area contributed by atoms with E-state index >= 15 is 0 Å². The third-order valence-electron chi connectivity index (χ3n) is 2.99. The molecule has 0 spiro atoms. The summed E-state index contributed by atoms with van der Waals surface area (Å²) in [6.45, 7) is 0. The molecule has 0 fully saturated rings. The summed E-state index contributed by atoms with van der Waals surface area (Å²) in [5, 5.41) is 2.46. The Balaban J connectivity index is 1.90. The van der Waals surface area contributed by atoms with Gasteiger partial charge in [-0.15, -0.1) is 0 Å². The van der Waals surface area contributed by atoms with Crippen molar-refractivity contribution in [1.29, 1.82) is 0 Å². The highest BCUT2D eigenvalue weighted by atomic mass is 19.1. The molecule has 1 aromatic carbocycles. The number of para-hydroxylation sites is 1. The fourth-order valence-electron chi connectivity index (χ4n) is 2.04. The fraction of sp³-hybridized carbons (Fsp3) is 0.0714. The summed E-state index contributed by atoms with van der Waals surface area (Å²) in [6, 6.07) is 9.53. The Labute approximate surface area is 113 Å². The molecule has 0 radical (unpaired) electrons. The van der Waals surface area contributed by atoms with Gasteiger partial charge in [0, 0.05) is 12.3 Å². The molecular formula is C14H10FN3O2. The van der Waals surface area contributed by atoms with Crippen molar-refractivity contribution in [3.63, 3.8) is 0 Å². The number of amides is 1. The minimum absolute atomic E-state index is 0.0725. The second-order valence-corrected chi connectivity index (χ2v) is 4.28. The maximum absolute atomic E-state index is 13.5. The number of pyridine rings is 1. The number of halogens is 1. The van der Waals surface area contributed by atoms with Crippen molar-refractivity contribution >= 4 is 23.6 Å². The first-order valence-electron chi connectivity index (χ1n) is 5.98. The van der Waals surface area contributed by atoms with Gasteiger partial charge in [-0.05, 0) is 18.2 Å². The van der Waals surface area contributed by atoms with E-state index in [-0.39, 0.29) is 11.2 Å². The molecule has 1 aliphatic heterocycles. The van der Waals surface area contributed by atoms with E-state index < -0.39 is 17.8 Å². The maximum Gasteiger partial charge on any atom is 0.253 e. The first kappa shape index (κ1) is 12.3. The van der Waals surface area contributed by atoms with Crippen molar-refractivity contribution in [3.8, 4) is 0 Å². The summed E-state index contributed by atoms with van der Waals surface area (Å²) < 4.78 is 14.8. The van der Waals surface area contributed by atoms with E-state index in [0.29, 0.717) is 5.82 Å². The SMILES string of the molecule is O=C(Nc1ccccc1F)C1C=Nc2cccc(=O)n21. The second-order valence-electron chi connectivity index (χ2n) is 4.28. The number of rotatable bonds is 2. The number of hydrogen-bond acceptors (Lipinski definition) is 3. The zero-order valence-corrected chi connectivity index (χ0v) is 10.3. The molecule has 2 aromatic rings. The van der Waals surface area contributed by atoms with Gasteiger partial charge in [0.15, 0.2) is 6.04 Å². The first-order valence-corrected chi connectivity index (χ1v) is 5.98. The number of anilines is 1. The summed E-state index contributed by atoms with van der Waals surface area (Å²) >= 11 is 0. The van der Waals surface area contributed by atoms with Crippen molar-refractivity contribution in [2.45, 2.75) is 6.04 Å². The van der Waals surface area contributed by atoms with Gasteiger partial charge in [0.2, 0.25) is 0 Å². The predicted octanol–water partition coefficient (Wildman–Crippen LogP) is 1.88. The lowest BCUT2D eigenvalue weighted by Crippen LogP contribution is -2.31. The van der Waals surface area contributed by atoms with Crippen molar-refractivity contribution in [2.75, 3.05) is 5.32 Å². The molecule has 0 bridgehead atoms. The molecule has 3 rings (SSSR count). The average molecular weight is 271 g/mol. The number of carbonyl (C=O) groups excluding carboxylic acids is 1. The van der Waals surface area contributed by atoms with Crippen LogP contribution in [0.2, 0.25) is 0 Å². The number of nitrogens with zero attached hydrogens (tertiary/aromatic N) is 2. The van der Waals surface area contributed by atoms with Crippen molar-refractivity contribution in [1.82, 2.24) is 4.57 Å². The van der Waals surface area contributed by atoms with Crippen LogP contribution in [-0.2, 0) is 4.79 Å². The van der Waals surface area contributed by atoms with Crippen molar-refractivity contribution in [3.05, 3.63) is 58.6 Å². The normalized spacial score (nSPS) is 15.9. The van der Waals surface area contributed by atoms with Gasteiger partial charge < -0.3 is 5.32 Å². The zero-order chi connectivity index (χ0) is 14.1. The molecule has 0 aliphatic carbocycles. The van der Waals surface area contributed by atoms with Crippen LogP contribution in [0.4, 0.5) is 15.9 Å². The smallest absolute Gasteiger partial charge is 0.253 e. The summed E-state index contributed by atoms with van der Waals surface area (Å²) in [5.74, 6) is -0.631. The third kappa shape index (κ3) is 2.01. The Hall–Kier alpha value is -2.76. The minimum atomic E-state index is -0.863. The standard InChI is InChI=1S/C14H10FN3O2/c15-9-4-1-2-5-10(9)17-14(20)11-8-16-12-6-3-7-13(19)18(11)12/h1-8,11H,(H,17,20). The lowest BCUT2D eigenvalue weighted by Gasteiger charge is -2.13. The van der Waals surface area contributed by atoms with Crippen LogP contribution < -0.4 is 10.9 Å². The lowest BCUT2D eigenvalue weighted by molar-refractivity contribution is -0.117. The first-order chi connectivity index (χ1) is 9.66. The highest BCUT2D eigenvalue weighted by Gasteiger charge is 2.26. The van der Waals surface area contributed by atoms with Crippen molar-refractivity contribution < 1.29 is 9.18 Å². The highest BCUT2D eigenvalue weighted by Crippen LogP contribution is 2.22. The molecule has 1 atom stereocenters. The van der Waals surface area contributed by atoms with Crippen LogP contribution in [0.25, 0.3) is 0 Å². The summed E-state index contributed by atoms with van der Waals surface area (Å²) in [6.07, 6.45) is 1.37. The molecule has 5 nitrogen and oxygen atoms in total. The Kier molecular flexibility index (Phi) is 2.90. The molecule has 2 heterocycles. The number of hydrogen-bond donors (Lipinski definition) is 1. The van der Waals surface area contributed by atoms with Crippen LogP contribution >= 0.6 is 0 Å². The van der Waals surface area contributed by atoms with E-state index in [9.17, 15) is 14.0 Å². The molecule has 1 amide bonds. The van der Waals surface area contributed by atoms with E-state index in [4.69, 9.17) is 0 Å². The predicted molar refractivity (Wildman–Crippen MR) is 72.9 cm³/mol. The molecule has 0 saturated carbocycles. The summed E-state index contributed by atoms with van der Waals surface area (Å²) in [4.78, 5) is 27.9. The molecular weight excluding hydrogens is 261 g/mol. The van der Waals surface area contributed by atoms with Gasteiger partial charge >= 0.3 is 0 Å². The molecule has 6 heteroatoms. The Bertz CT molecular complexity index is 767.